The highest BCUT2D eigenvalue weighted by Gasteiger charge is 2.45. The molecule has 0 aliphatic heterocycles. The summed E-state index contributed by atoms with van der Waals surface area (Å²) < 4.78 is 26.9. The number of hydrogen-bond donors (Lipinski definition) is 2. The monoisotopic (exact) mass is 598 g/mol. The Kier molecular flexibility index (Phi) is 13.8. The molecule has 0 spiro atoms. The number of para-hydroxylation sites is 2. The molecule has 2 rings (SSSR count). The first-order valence-corrected chi connectivity index (χ1v) is 13.0. The predicted octanol–water partition coefficient (Wildman–Crippen LogP) is 2.84. The van der Waals surface area contributed by atoms with Gasteiger partial charge in [-0.05, 0) is 24.3 Å². The van der Waals surface area contributed by atoms with Crippen LogP contribution in [-0.4, -0.2) is 72.8 Å². The molecular weight excluding hydrogens is 564 g/mol. The summed E-state index contributed by atoms with van der Waals surface area (Å²) >= 11 is 0. The van der Waals surface area contributed by atoms with Gasteiger partial charge in [0, 0.05) is 34.6 Å². The Hall–Kier alpha value is -5.27. The van der Waals surface area contributed by atoms with Gasteiger partial charge in [0.2, 0.25) is 0 Å². The second kappa shape index (κ2) is 17.5. The number of esters is 5. The van der Waals surface area contributed by atoms with Crippen LogP contribution in [0.5, 0.6) is 0 Å². The van der Waals surface area contributed by atoms with Crippen LogP contribution >= 0.6 is 0 Å². The van der Waals surface area contributed by atoms with Crippen LogP contribution in [0.25, 0.3) is 0 Å². The van der Waals surface area contributed by atoms with Gasteiger partial charge >= 0.3 is 29.8 Å². The summed E-state index contributed by atoms with van der Waals surface area (Å²) in [5.74, 6) is -4.13. The molecule has 0 aliphatic carbocycles. The third kappa shape index (κ3) is 12.8. The minimum atomic E-state index is -1.68. The summed E-state index contributed by atoms with van der Waals surface area (Å²) in [6, 6.07) is 17.6. The van der Waals surface area contributed by atoms with Crippen molar-refractivity contribution in [1.82, 2.24) is 0 Å². The molecule has 14 nitrogen and oxygen atoms in total. The zero-order valence-corrected chi connectivity index (χ0v) is 24.3. The van der Waals surface area contributed by atoms with Gasteiger partial charge in [0.15, 0.2) is 24.4 Å². The van der Waals surface area contributed by atoms with Crippen molar-refractivity contribution in [3.63, 3.8) is 0 Å². The third-order valence-corrected chi connectivity index (χ3v) is 5.20. The smallest absolute Gasteiger partial charge is 0.303 e. The van der Waals surface area contributed by atoms with E-state index in [2.05, 4.69) is 21.1 Å². The highest BCUT2D eigenvalue weighted by molar-refractivity contribution is 6.33. The topological polar surface area (TPSA) is 180 Å². The van der Waals surface area contributed by atoms with Gasteiger partial charge in [-0.15, -0.1) is 0 Å². The van der Waals surface area contributed by atoms with E-state index in [4.69, 9.17) is 23.7 Å². The number of carbonyl (C=O) groups excluding carboxylic acids is 5. The first-order chi connectivity index (χ1) is 20.5. The lowest BCUT2D eigenvalue weighted by molar-refractivity contribution is -0.197. The number of hydrazone groups is 2. The number of carbonyl (C=O) groups is 5. The Morgan fingerprint density at radius 3 is 1.63 bits per heavy atom. The van der Waals surface area contributed by atoms with E-state index in [-0.39, 0.29) is 5.71 Å². The van der Waals surface area contributed by atoms with Crippen LogP contribution in [0.3, 0.4) is 0 Å². The molecule has 14 heteroatoms. The maximum Gasteiger partial charge on any atom is 0.303 e. The molecule has 0 aliphatic rings. The zero-order valence-electron chi connectivity index (χ0n) is 24.3. The summed E-state index contributed by atoms with van der Waals surface area (Å²) in [5, 5.41) is 8.51. The van der Waals surface area contributed by atoms with E-state index in [0.29, 0.717) is 11.4 Å². The van der Waals surface area contributed by atoms with Gasteiger partial charge in [0.25, 0.3) is 0 Å². The maximum absolute atomic E-state index is 12.4. The number of benzene rings is 2. The third-order valence-electron chi connectivity index (χ3n) is 5.20. The normalized spacial score (nSPS) is 13.9. The molecule has 230 valence electrons. The van der Waals surface area contributed by atoms with Crippen LogP contribution in [0, 0.1) is 0 Å². The van der Waals surface area contributed by atoms with E-state index in [0.717, 1.165) is 34.6 Å². The molecule has 0 saturated heterocycles. The summed E-state index contributed by atoms with van der Waals surface area (Å²) in [4.78, 5) is 60.5. The van der Waals surface area contributed by atoms with E-state index < -0.39 is 60.9 Å². The first-order valence-electron chi connectivity index (χ1n) is 13.0. The quantitative estimate of drug-likeness (QED) is 0.133. The minimum Gasteiger partial charge on any atom is -0.462 e. The highest BCUT2D eigenvalue weighted by Crippen LogP contribution is 2.22. The Morgan fingerprint density at radius 2 is 1.14 bits per heavy atom. The first kappa shape index (κ1) is 33.9. The summed E-state index contributed by atoms with van der Waals surface area (Å²) in [6.45, 7) is 4.84. The molecule has 2 N–H and O–H groups in total. The highest BCUT2D eigenvalue weighted by atomic mass is 16.6. The van der Waals surface area contributed by atoms with Crippen molar-refractivity contribution in [2.45, 2.75) is 59.0 Å². The van der Waals surface area contributed by atoms with E-state index in [9.17, 15) is 24.0 Å². The Morgan fingerprint density at radius 1 is 0.651 bits per heavy atom. The molecule has 0 amide bonds. The van der Waals surface area contributed by atoms with Gasteiger partial charge in [0.05, 0.1) is 17.6 Å². The molecular formula is C29H34N4O10. The lowest BCUT2D eigenvalue weighted by Crippen LogP contribution is -2.55. The summed E-state index contributed by atoms with van der Waals surface area (Å²) in [7, 11) is 0. The minimum absolute atomic E-state index is 0.111. The molecule has 0 bridgehead atoms. The second-order valence-electron chi connectivity index (χ2n) is 8.88. The van der Waals surface area contributed by atoms with Crippen LogP contribution in [0.15, 0.2) is 70.9 Å². The molecule has 2 aromatic carbocycles. The van der Waals surface area contributed by atoms with Gasteiger partial charge in [-0.3, -0.25) is 34.8 Å². The molecule has 0 unspecified atom stereocenters. The zero-order chi connectivity index (χ0) is 31.8. The fourth-order valence-electron chi connectivity index (χ4n) is 3.62. The number of hydrogen-bond acceptors (Lipinski definition) is 14. The molecule has 43 heavy (non-hydrogen) atoms. The molecule has 2 aromatic rings. The number of anilines is 2. The standard InChI is InChI=1S/C29H34N4O10/c1-18(34)39-17-26(40-19(2)35)28(42-21(4)37)29(43-22(5)38)27(41-20(3)36)25(33-32-24-14-10-7-11-15-24)16-30-31-23-12-8-6-9-13-23/h6-16,26-29,31-32H,17H2,1-5H3/b30-16-,33-25-/t26-,27+,28-,29+/m0/s1. The van der Waals surface area contributed by atoms with Crippen LogP contribution in [-0.2, 0) is 47.7 Å². The van der Waals surface area contributed by atoms with Crippen LogP contribution in [0.4, 0.5) is 11.4 Å². The Bertz CT molecular complexity index is 1300. The Labute approximate surface area is 248 Å². The second-order valence-corrected chi connectivity index (χ2v) is 8.88. The van der Waals surface area contributed by atoms with Crippen molar-refractivity contribution in [1.29, 1.82) is 0 Å². The number of nitrogens with zero attached hydrogens (tertiary/aromatic N) is 2. The van der Waals surface area contributed by atoms with Crippen molar-refractivity contribution in [2.24, 2.45) is 10.2 Å². The lowest BCUT2D eigenvalue weighted by Gasteiger charge is -2.35. The van der Waals surface area contributed by atoms with Gasteiger partial charge < -0.3 is 23.7 Å². The number of ether oxygens (including phenoxy) is 5. The lowest BCUT2D eigenvalue weighted by atomic mass is 9.98. The van der Waals surface area contributed by atoms with Crippen molar-refractivity contribution in [2.75, 3.05) is 17.5 Å². The fourth-order valence-corrected chi connectivity index (χ4v) is 3.62. The van der Waals surface area contributed by atoms with Gasteiger partial charge in [0.1, 0.15) is 12.3 Å². The molecule has 4 atom stereocenters. The van der Waals surface area contributed by atoms with Crippen LogP contribution in [0.2, 0.25) is 0 Å². The van der Waals surface area contributed by atoms with E-state index in [1.165, 1.54) is 6.21 Å². The van der Waals surface area contributed by atoms with Crippen molar-refractivity contribution >= 4 is 53.1 Å². The van der Waals surface area contributed by atoms with Crippen LogP contribution in [0.1, 0.15) is 34.6 Å². The van der Waals surface area contributed by atoms with Crippen LogP contribution < -0.4 is 10.9 Å². The molecule has 0 radical (unpaired) electrons. The largest absolute Gasteiger partial charge is 0.462 e. The Balaban J connectivity index is 2.69. The van der Waals surface area contributed by atoms with E-state index in [1.54, 1.807) is 54.6 Å². The van der Waals surface area contributed by atoms with Gasteiger partial charge in [-0.25, -0.2) is 0 Å². The maximum atomic E-state index is 12.4. The molecule has 0 fully saturated rings. The van der Waals surface area contributed by atoms with Crippen molar-refractivity contribution < 1.29 is 47.7 Å². The predicted molar refractivity (Wildman–Crippen MR) is 155 cm³/mol. The average molecular weight is 599 g/mol. The van der Waals surface area contributed by atoms with Crippen molar-refractivity contribution in [3.8, 4) is 0 Å². The van der Waals surface area contributed by atoms with E-state index in [1.807, 2.05) is 6.07 Å². The van der Waals surface area contributed by atoms with Gasteiger partial charge in [-0.1, -0.05) is 36.4 Å². The molecule has 0 saturated carbocycles. The SMILES string of the molecule is CC(=O)OC[C@H](OC(C)=O)[C@H](OC(C)=O)[C@H](OC(C)=O)[C@H](OC(C)=O)C(/C=N\Nc1ccccc1)=N\Nc1ccccc1. The van der Waals surface area contributed by atoms with E-state index >= 15 is 0 Å². The fraction of sp³-hybridized carbons (Fsp3) is 0.345. The summed E-state index contributed by atoms with van der Waals surface area (Å²) in [5.41, 5.74) is 6.66. The van der Waals surface area contributed by atoms with Crippen molar-refractivity contribution in [3.05, 3.63) is 60.7 Å². The number of rotatable bonds is 15. The summed E-state index contributed by atoms with van der Waals surface area (Å²) in [6.07, 6.45) is -5.21. The number of nitrogens with one attached hydrogen (secondary N) is 2. The average Bonchev–Trinajstić information content (AvgIpc) is 2.94. The molecule has 0 heterocycles. The molecule has 0 aromatic heterocycles. The van der Waals surface area contributed by atoms with Gasteiger partial charge in [-0.2, -0.15) is 10.2 Å².